The maximum absolute atomic E-state index is 12.1. The van der Waals surface area contributed by atoms with Crippen molar-refractivity contribution in [2.24, 2.45) is 0 Å². The number of esters is 1. The average Bonchev–Trinajstić information content (AvgIpc) is 2.60. The summed E-state index contributed by atoms with van der Waals surface area (Å²) in [5.41, 5.74) is 0.905. The summed E-state index contributed by atoms with van der Waals surface area (Å²) >= 11 is 5.95. The van der Waals surface area contributed by atoms with Gasteiger partial charge >= 0.3 is 5.97 Å². The summed E-state index contributed by atoms with van der Waals surface area (Å²) in [7, 11) is 1.52. The van der Waals surface area contributed by atoms with Gasteiger partial charge in [0, 0.05) is 10.6 Å². The Hall–Kier alpha value is -2.86. The zero-order valence-electron chi connectivity index (χ0n) is 13.4. The van der Waals surface area contributed by atoms with Crippen LogP contribution in [0.2, 0.25) is 5.02 Å². The highest BCUT2D eigenvalue weighted by molar-refractivity contribution is 6.30. The number of methoxy groups -OCH3 is 1. The largest absolute Gasteiger partial charge is 0.496 e. The van der Waals surface area contributed by atoms with E-state index in [4.69, 9.17) is 21.1 Å². The normalized spacial score (nSPS) is 10.6. The molecule has 0 saturated heterocycles. The second-order valence-corrected chi connectivity index (χ2v) is 5.76. The second kappa shape index (κ2) is 7.36. The number of carbonyl (C=O) groups is 1. The van der Waals surface area contributed by atoms with Gasteiger partial charge in [0.1, 0.15) is 18.2 Å². The number of halogens is 1. The van der Waals surface area contributed by atoms with Gasteiger partial charge in [0.05, 0.1) is 24.4 Å². The van der Waals surface area contributed by atoms with E-state index >= 15 is 0 Å². The lowest BCUT2D eigenvalue weighted by Gasteiger charge is -2.09. The van der Waals surface area contributed by atoms with Gasteiger partial charge in [0.2, 0.25) is 0 Å². The van der Waals surface area contributed by atoms with Gasteiger partial charge in [-0.25, -0.2) is 4.98 Å². The van der Waals surface area contributed by atoms with E-state index in [-0.39, 0.29) is 24.4 Å². The monoisotopic (exact) mass is 358 g/mol. The van der Waals surface area contributed by atoms with Crippen LogP contribution in [0.25, 0.3) is 10.9 Å². The van der Waals surface area contributed by atoms with Gasteiger partial charge < -0.3 is 14.5 Å². The number of H-pyrrole nitrogens is 1. The minimum atomic E-state index is -0.476. The maximum Gasteiger partial charge on any atom is 0.310 e. The minimum absolute atomic E-state index is 0.00153. The molecule has 0 amide bonds. The van der Waals surface area contributed by atoms with Crippen LogP contribution in [-0.2, 0) is 22.6 Å². The highest BCUT2D eigenvalue weighted by atomic mass is 35.5. The predicted octanol–water partition coefficient (Wildman–Crippen LogP) is 2.87. The summed E-state index contributed by atoms with van der Waals surface area (Å²) in [5, 5.41) is 0.991. The van der Waals surface area contributed by atoms with E-state index < -0.39 is 5.97 Å². The number of hydrogen-bond donors (Lipinski definition) is 1. The van der Waals surface area contributed by atoms with Crippen LogP contribution < -0.4 is 10.3 Å². The van der Waals surface area contributed by atoms with E-state index in [1.165, 1.54) is 7.11 Å². The number of carbonyl (C=O) groups excluding carboxylic acids is 1. The molecule has 3 aromatic rings. The fourth-order valence-corrected chi connectivity index (χ4v) is 2.64. The third-order valence-electron chi connectivity index (χ3n) is 3.61. The van der Waals surface area contributed by atoms with Crippen LogP contribution in [0.5, 0.6) is 5.75 Å². The number of ether oxygens (including phenoxy) is 2. The molecular weight excluding hydrogens is 344 g/mol. The van der Waals surface area contributed by atoms with Crippen molar-refractivity contribution < 1.29 is 14.3 Å². The average molecular weight is 359 g/mol. The van der Waals surface area contributed by atoms with E-state index in [9.17, 15) is 9.59 Å². The van der Waals surface area contributed by atoms with Gasteiger partial charge in [-0.15, -0.1) is 0 Å². The van der Waals surface area contributed by atoms with Gasteiger partial charge in [-0.05, 0) is 30.3 Å². The number of nitrogens with zero attached hydrogens (tertiary/aromatic N) is 1. The van der Waals surface area contributed by atoms with Crippen molar-refractivity contribution in [1.82, 2.24) is 9.97 Å². The molecule has 3 rings (SSSR count). The van der Waals surface area contributed by atoms with Crippen molar-refractivity contribution in [1.29, 1.82) is 0 Å². The van der Waals surface area contributed by atoms with Gasteiger partial charge in [0.25, 0.3) is 5.56 Å². The van der Waals surface area contributed by atoms with E-state index in [2.05, 4.69) is 9.97 Å². The molecule has 0 spiro atoms. The molecule has 0 unspecified atom stereocenters. The fourth-order valence-electron chi connectivity index (χ4n) is 2.44. The van der Waals surface area contributed by atoms with Crippen molar-refractivity contribution in [3.8, 4) is 5.75 Å². The number of benzene rings is 2. The third-order valence-corrected chi connectivity index (χ3v) is 3.84. The van der Waals surface area contributed by atoms with Gasteiger partial charge in [0.15, 0.2) is 0 Å². The molecule has 25 heavy (non-hydrogen) atoms. The number of hydrogen-bond acceptors (Lipinski definition) is 5. The molecule has 0 radical (unpaired) electrons. The lowest BCUT2D eigenvalue weighted by atomic mass is 10.1. The Kier molecular flexibility index (Phi) is 5.00. The van der Waals surface area contributed by atoms with Gasteiger partial charge in [-0.3, -0.25) is 9.59 Å². The summed E-state index contributed by atoms with van der Waals surface area (Å²) in [6, 6.07) is 12.0. The van der Waals surface area contributed by atoms with Crippen LogP contribution in [0.3, 0.4) is 0 Å². The first-order valence-corrected chi connectivity index (χ1v) is 7.90. The molecule has 0 aliphatic rings. The van der Waals surface area contributed by atoms with Crippen LogP contribution >= 0.6 is 11.6 Å². The van der Waals surface area contributed by atoms with Crippen LogP contribution in [0.15, 0.2) is 47.3 Å². The molecule has 2 aromatic carbocycles. The highest BCUT2D eigenvalue weighted by Crippen LogP contribution is 2.23. The lowest BCUT2D eigenvalue weighted by Crippen LogP contribution is -2.15. The standard InChI is InChI=1S/C18H15ClN2O4/c1-24-15-7-6-12(19)8-11(15)9-17(22)25-10-16-20-14-5-3-2-4-13(14)18(23)21-16/h2-8H,9-10H2,1H3,(H,20,21,23). The van der Waals surface area contributed by atoms with Gasteiger partial charge in [-0.2, -0.15) is 0 Å². The molecule has 7 heteroatoms. The van der Waals surface area contributed by atoms with Crippen molar-refractivity contribution in [2.45, 2.75) is 13.0 Å². The van der Waals surface area contributed by atoms with Crippen molar-refractivity contribution in [3.05, 3.63) is 69.2 Å². The highest BCUT2D eigenvalue weighted by Gasteiger charge is 2.12. The number of nitrogens with one attached hydrogen (secondary N) is 1. The number of rotatable bonds is 5. The van der Waals surface area contributed by atoms with E-state index in [1.807, 2.05) is 0 Å². The molecule has 0 aliphatic carbocycles. The van der Waals surface area contributed by atoms with E-state index in [1.54, 1.807) is 42.5 Å². The number of aromatic nitrogens is 2. The topological polar surface area (TPSA) is 81.3 Å². The molecule has 0 fully saturated rings. The number of fused-ring (bicyclic) bond motifs is 1. The zero-order chi connectivity index (χ0) is 17.8. The third kappa shape index (κ3) is 3.97. The van der Waals surface area contributed by atoms with Crippen LogP contribution in [0.4, 0.5) is 0 Å². The Labute approximate surface area is 148 Å². The molecule has 1 heterocycles. The van der Waals surface area contributed by atoms with Crippen molar-refractivity contribution in [3.63, 3.8) is 0 Å². The quantitative estimate of drug-likeness (QED) is 0.709. The van der Waals surface area contributed by atoms with Gasteiger partial charge in [-0.1, -0.05) is 23.7 Å². The summed E-state index contributed by atoms with van der Waals surface area (Å²) in [5.74, 6) is 0.366. The minimum Gasteiger partial charge on any atom is -0.496 e. The molecule has 6 nitrogen and oxygen atoms in total. The number of para-hydroxylation sites is 1. The molecular formula is C18H15ClN2O4. The Morgan fingerprint density at radius 2 is 2.04 bits per heavy atom. The van der Waals surface area contributed by atoms with Crippen LogP contribution in [-0.4, -0.2) is 23.0 Å². The Morgan fingerprint density at radius 1 is 1.24 bits per heavy atom. The molecule has 128 valence electrons. The first-order chi connectivity index (χ1) is 12.1. The number of aromatic amines is 1. The SMILES string of the molecule is COc1ccc(Cl)cc1CC(=O)OCc1nc2ccccc2c(=O)[nH]1. The first-order valence-electron chi connectivity index (χ1n) is 7.53. The van der Waals surface area contributed by atoms with E-state index in [0.717, 1.165) is 0 Å². The Bertz CT molecular complexity index is 984. The summed E-state index contributed by atoms with van der Waals surface area (Å²) < 4.78 is 10.4. The summed E-state index contributed by atoms with van der Waals surface area (Å²) in [6.07, 6.45) is 0.00153. The smallest absolute Gasteiger partial charge is 0.310 e. The van der Waals surface area contributed by atoms with Crippen molar-refractivity contribution in [2.75, 3.05) is 7.11 Å². The Balaban J connectivity index is 1.71. The molecule has 0 aliphatic heterocycles. The molecule has 1 N–H and O–H groups in total. The molecule has 1 aromatic heterocycles. The van der Waals surface area contributed by atoms with Crippen LogP contribution in [0, 0.1) is 0 Å². The predicted molar refractivity (Wildman–Crippen MR) is 93.9 cm³/mol. The molecule has 0 bridgehead atoms. The van der Waals surface area contributed by atoms with Crippen molar-refractivity contribution >= 4 is 28.5 Å². The molecule has 0 atom stereocenters. The first kappa shape index (κ1) is 17.0. The Morgan fingerprint density at radius 3 is 2.84 bits per heavy atom. The maximum atomic E-state index is 12.1. The zero-order valence-corrected chi connectivity index (χ0v) is 14.2. The second-order valence-electron chi connectivity index (χ2n) is 5.32. The van der Waals surface area contributed by atoms with Crippen LogP contribution in [0.1, 0.15) is 11.4 Å². The lowest BCUT2D eigenvalue weighted by molar-refractivity contribution is -0.144. The molecule has 0 saturated carbocycles. The summed E-state index contributed by atoms with van der Waals surface area (Å²) in [4.78, 5) is 31.0. The van der Waals surface area contributed by atoms with E-state index in [0.29, 0.717) is 27.2 Å². The fraction of sp³-hybridized carbons (Fsp3) is 0.167. The summed E-state index contributed by atoms with van der Waals surface area (Å²) in [6.45, 7) is -0.123.